The van der Waals surface area contributed by atoms with Crippen LogP contribution >= 0.6 is 11.3 Å². The molecule has 0 atom stereocenters. The van der Waals surface area contributed by atoms with Crippen LogP contribution in [0.3, 0.4) is 0 Å². The standard InChI is InChI=1S/C10H12N2O3S/c11-8-7(10(14)15)3-6(16-8)4-12-9(13)5-1-2-5/h3,5H,1-2,4,11H2,(H,12,13)(H,14,15). The number of thiophene rings is 1. The highest BCUT2D eigenvalue weighted by Crippen LogP contribution is 2.29. The largest absolute Gasteiger partial charge is 0.478 e. The lowest BCUT2D eigenvalue weighted by Gasteiger charge is -2.00. The molecule has 0 unspecified atom stereocenters. The summed E-state index contributed by atoms with van der Waals surface area (Å²) in [5.41, 5.74) is 5.66. The Kier molecular flexibility index (Phi) is 2.82. The van der Waals surface area contributed by atoms with Crippen LogP contribution in [-0.4, -0.2) is 17.0 Å². The second kappa shape index (κ2) is 4.13. The molecule has 4 N–H and O–H groups in total. The normalized spacial score (nSPS) is 14.8. The van der Waals surface area contributed by atoms with Crippen molar-refractivity contribution >= 4 is 28.2 Å². The zero-order valence-electron chi connectivity index (χ0n) is 8.53. The third-order valence-corrected chi connectivity index (χ3v) is 3.39. The molecule has 1 aliphatic rings. The monoisotopic (exact) mass is 240 g/mol. The third kappa shape index (κ3) is 2.33. The molecule has 0 aromatic carbocycles. The lowest BCUT2D eigenvalue weighted by atomic mass is 10.3. The Morgan fingerprint density at radius 2 is 2.25 bits per heavy atom. The molecular formula is C10H12N2O3S. The highest BCUT2D eigenvalue weighted by atomic mass is 32.1. The molecule has 2 rings (SSSR count). The van der Waals surface area contributed by atoms with Gasteiger partial charge in [0.05, 0.1) is 12.1 Å². The average molecular weight is 240 g/mol. The minimum Gasteiger partial charge on any atom is -0.478 e. The van der Waals surface area contributed by atoms with Gasteiger partial charge in [0.1, 0.15) is 5.00 Å². The highest BCUT2D eigenvalue weighted by Gasteiger charge is 2.29. The number of aromatic carboxylic acids is 1. The first-order valence-electron chi connectivity index (χ1n) is 4.97. The number of hydrogen-bond donors (Lipinski definition) is 3. The van der Waals surface area contributed by atoms with Crippen molar-refractivity contribution in [3.63, 3.8) is 0 Å². The van der Waals surface area contributed by atoms with E-state index in [4.69, 9.17) is 10.8 Å². The molecule has 1 amide bonds. The molecule has 0 bridgehead atoms. The fraction of sp³-hybridized carbons (Fsp3) is 0.400. The summed E-state index contributed by atoms with van der Waals surface area (Å²) in [4.78, 5) is 22.8. The van der Waals surface area contributed by atoms with Crippen molar-refractivity contribution < 1.29 is 14.7 Å². The van der Waals surface area contributed by atoms with Crippen LogP contribution in [0.25, 0.3) is 0 Å². The van der Waals surface area contributed by atoms with E-state index >= 15 is 0 Å². The van der Waals surface area contributed by atoms with E-state index in [-0.39, 0.29) is 22.4 Å². The number of hydrogen-bond acceptors (Lipinski definition) is 4. The maximum atomic E-state index is 11.4. The van der Waals surface area contributed by atoms with Gasteiger partial charge in [-0.25, -0.2) is 4.79 Å². The lowest BCUT2D eigenvalue weighted by molar-refractivity contribution is -0.122. The number of rotatable bonds is 4. The molecule has 1 aromatic rings. The predicted molar refractivity (Wildman–Crippen MR) is 60.3 cm³/mol. The molecule has 0 radical (unpaired) electrons. The Morgan fingerprint density at radius 3 is 2.75 bits per heavy atom. The van der Waals surface area contributed by atoms with Gasteiger partial charge >= 0.3 is 5.97 Å². The molecule has 1 aliphatic carbocycles. The van der Waals surface area contributed by atoms with E-state index in [1.165, 1.54) is 17.4 Å². The van der Waals surface area contributed by atoms with E-state index in [1.54, 1.807) is 0 Å². The third-order valence-electron chi connectivity index (χ3n) is 2.43. The number of carboxylic acids is 1. The van der Waals surface area contributed by atoms with Gasteiger partial charge in [-0.15, -0.1) is 11.3 Å². The highest BCUT2D eigenvalue weighted by molar-refractivity contribution is 7.16. The smallest absolute Gasteiger partial charge is 0.338 e. The second-order valence-electron chi connectivity index (χ2n) is 3.79. The summed E-state index contributed by atoms with van der Waals surface area (Å²) in [5, 5.41) is 11.8. The lowest BCUT2D eigenvalue weighted by Crippen LogP contribution is -2.23. The van der Waals surface area contributed by atoms with Crippen LogP contribution in [0.5, 0.6) is 0 Å². The van der Waals surface area contributed by atoms with Crippen molar-refractivity contribution in [1.29, 1.82) is 0 Å². The predicted octanol–water partition coefficient (Wildman–Crippen LogP) is 1.05. The first-order chi connectivity index (χ1) is 7.58. The fourth-order valence-electron chi connectivity index (χ4n) is 1.38. The Bertz CT molecular complexity index is 437. The molecule has 0 aliphatic heterocycles. The molecule has 1 saturated carbocycles. The average Bonchev–Trinajstić information content (AvgIpc) is 2.99. The van der Waals surface area contributed by atoms with Gasteiger partial charge in [0.15, 0.2) is 0 Å². The van der Waals surface area contributed by atoms with Gasteiger partial charge in [0.2, 0.25) is 5.91 Å². The zero-order valence-corrected chi connectivity index (χ0v) is 9.34. The molecule has 0 saturated heterocycles. The summed E-state index contributed by atoms with van der Waals surface area (Å²) in [6.07, 6.45) is 1.91. The van der Waals surface area contributed by atoms with Crippen LogP contribution in [0.1, 0.15) is 28.1 Å². The van der Waals surface area contributed by atoms with Gasteiger partial charge in [-0.05, 0) is 18.9 Å². The molecule has 6 heteroatoms. The molecule has 86 valence electrons. The number of carbonyl (C=O) groups is 2. The van der Waals surface area contributed by atoms with Crippen LogP contribution in [0.4, 0.5) is 5.00 Å². The Morgan fingerprint density at radius 1 is 1.56 bits per heavy atom. The summed E-state index contributed by atoms with van der Waals surface area (Å²) in [6, 6.07) is 1.51. The SMILES string of the molecule is Nc1sc(CNC(=O)C2CC2)cc1C(=O)O. The minimum absolute atomic E-state index is 0.0452. The van der Waals surface area contributed by atoms with Crippen molar-refractivity contribution in [3.8, 4) is 0 Å². The van der Waals surface area contributed by atoms with E-state index in [1.807, 2.05) is 0 Å². The van der Waals surface area contributed by atoms with E-state index in [2.05, 4.69) is 5.32 Å². The summed E-state index contributed by atoms with van der Waals surface area (Å²) in [7, 11) is 0. The summed E-state index contributed by atoms with van der Waals surface area (Å²) < 4.78 is 0. The Labute approximate surface area is 96.3 Å². The summed E-state index contributed by atoms with van der Waals surface area (Å²) >= 11 is 1.20. The topological polar surface area (TPSA) is 92.4 Å². The quantitative estimate of drug-likeness (QED) is 0.733. The van der Waals surface area contributed by atoms with Gasteiger partial charge in [0, 0.05) is 10.8 Å². The number of carboxylic acid groups (broad SMARTS) is 1. The van der Waals surface area contributed by atoms with Crippen LogP contribution in [-0.2, 0) is 11.3 Å². The van der Waals surface area contributed by atoms with Crippen LogP contribution < -0.4 is 11.1 Å². The molecule has 16 heavy (non-hydrogen) atoms. The zero-order chi connectivity index (χ0) is 11.7. The second-order valence-corrected chi connectivity index (χ2v) is 4.96. The van der Waals surface area contributed by atoms with Gasteiger partial charge in [0.25, 0.3) is 0 Å². The summed E-state index contributed by atoms with van der Waals surface area (Å²) in [5.74, 6) is -0.825. The first kappa shape index (κ1) is 10.9. The molecule has 1 aromatic heterocycles. The molecule has 1 fully saturated rings. The van der Waals surface area contributed by atoms with Gasteiger partial charge in [-0.2, -0.15) is 0 Å². The number of nitrogens with two attached hydrogens (primary N) is 1. The van der Waals surface area contributed by atoms with E-state index < -0.39 is 5.97 Å². The van der Waals surface area contributed by atoms with Crippen molar-refractivity contribution in [2.24, 2.45) is 5.92 Å². The van der Waals surface area contributed by atoms with Crippen molar-refractivity contribution in [2.75, 3.05) is 5.73 Å². The number of nitrogens with one attached hydrogen (secondary N) is 1. The Balaban J connectivity index is 1.96. The Hall–Kier alpha value is -1.56. The van der Waals surface area contributed by atoms with E-state index in [0.29, 0.717) is 6.54 Å². The van der Waals surface area contributed by atoms with Crippen molar-refractivity contribution in [1.82, 2.24) is 5.32 Å². The van der Waals surface area contributed by atoms with E-state index in [0.717, 1.165) is 17.7 Å². The van der Waals surface area contributed by atoms with Crippen LogP contribution in [0, 0.1) is 5.92 Å². The molecular weight excluding hydrogens is 228 g/mol. The maximum Gasteiger partial charge on any atom is 0.338 e. The maximum absolute atomic E-state index is 11.4. The number of nitrogen functional groups attached to an aromatic ring is 1. The molecule has 1 heterocycles. The van der Waals surface area contributed by atoms with Gasteiger partial charge in [-0.3, -0.25) is 4.79 Å². The molecule has 0 spiro atoms. The van der Waals surface area contributed by atoms with E-state index in [9.17, 15) is 9.59 Å². The van der Waals surface area contributed by atoms with Gasteiger partial charge in [-0.1, -0.05) is 0 Å². The minimum atomic E-state index is -1.03. The first-order valence-corrected chi connectivity index (χ1v) is 5.78. The van der Waals surface area contributed by atoms with Crippen molar-refractivity contribution in [3.05, 3.63) is 16.5 Å². The fourth-order valence-corrected chi connectivity index (χ4v) is 2.24. The number of carbonyl (C=O) groups excluding carboxylic acids is 1. The number of amides is 1. The molecule has 5 nitrogen and oxygen atoms in total. The van der Waals surface area contributed by atoms with Gasteiger partial charge < -0.3 is 16.2 Å². The van der Waals surface area contributed by atoms with Crippen LogP contribution in [0.2, 0.25) is 0 Å². The van der Waals surface area contributed by atoms with Crippen LogP contribution in [0.15, 0.2) is 6.07 Å². The summed E-state index contributed by atoms with van der Waals surface area (Å²) in [6.45, 7) is 0.359. The number of anilines is 1. The van der Waals surface area contributed by atoms with Crippen molar-refractivity contribution in [2.45, 2.75) is 19.4 Å².